The quantitative estimate of drug-likeness (QED) is 0.727. The molecule has 0 fully saturated rings. The fourth-order valence-corrected chi connectivity index (χ4v) is 1.53. The fourth-order valence-electron chi connectivity index (χ4n) is 1.53. The van der Waals surface area contributed by atoms with Gasteiger partial charge in [-0.3, -0.25) is 4.68 Å². The number of anilines is 2. The number of hydrogen-bond acceptors (Lipinski definition) is 4. The van der Waals surface area contributed by atoms with Gasteiger partial charge in [-0.25, -0.2) is 4.98 Å². The van der Waals surface area contributed by atoms with Gasteiger partial charge >= 0.3 is 0 Å². The lowest BCUT2D eigenvalue weighted by Crippen LogP contribution is -2.07. The minimum Gasteiger partial charge on any atom is -0.394 e. The standard InChI is InChI=1S/C10H16N6/c1-15-7-9(11)10(14-15)13-3-2-5-16-6-4-12-8-16/h4,6-8H,2-3,5,11H2,1H3,(H,13,14). The van der Waals surface area contributed by atoms with E-state index in [1.54, 1.807) is 17.1 Å². The Morgan fingerprint density at radius 3 is 3.00 bits per heavy atom. The maximum atomic E-state index is 5.76. The van der Waals surface area contributed by atoms with E-state index in [4.69, 9.17) is 5.73 Å². The number of nitrogens with zero attached hydrogens (tertiary/aromatic N) is 4. The van der Waals surface area contributed by atoms with Crippen molar-refractivity contribution in [3.63, 3.8) is 0 Å². The molecule has 0 aliphatic heterocycles. The van der Waals surface area contributed by atoms with Crippen LogP contribution in [0.25, 0.3) is 0 Å². The highest BCUT2D eigenvalue weighted by Gasteiger charge is 2.02. The van der Waals surface area contributed by atoms with Crippen LogP contribution in [-0.4, -0.2) is 25.9 Å². The first-order valence-electron chi connectivity index (χ1n) is 5.24. The van der Waals surface area contributed by atoms with E-state index >= 15 is 0 Å². The van der Waals surface area contributed by atoms with Crippen LogP contribution in [-0.2, 0) is 13.6 Å². The van der Waals surface area contributed by atoms with Gasteiger partial charge in [0.2, 0.25) is 0 Å². The van der Waals surface area contributed by atoms with Gasteiger partial charge in [-0.1, -0.05) is 0 Å². The number of aromatic nitrogens is 4. The summed E-state index contributed by atoms with van der Waals surface area (Å²) in [5.41, 5.74) is 6.44. The van der Waals surface area contributed by atoms with Crippen LogP contribution in [0.5, 0.6) is 0 Å². The van der Waals surface area contributed by atoms with Crippen LogP contribution in [0, 0.1) is 0 Å². The largest absolute Gasteiger partial charge is 0.394 e. The molecule has 3 N–H and O–H groups in total. The van der Waals surface area contributed by atoms with E-state index in [0.717, 1.165) is 25.3 Å². The maximum Gasteiger partial charge on any atom is 0.171 e. The third-order valence-electron chi connectivity index (χ3n) is 2.30. The summed E-state index contributed by atoms with van der Waals surface area (Å²) in [4.78, 5) is 3.98. The Morgan fingerprint density at radius 1 is 1.50 bits per heavy atom. The third kappa shape index (κ3) is 2.53. The Morgan fingerprint density at radius 2 is 2.38 bits per heavy atom. The summed E-state index contributed by atoms with van der Waals surface area (Å²) in [6.45, 7) is 1.79. The van der Waals surface area contributed by atoms with E-state index in [2.05, 4.69) is 15.4 Å². The van der Waals surface area contributed by atoms with Crippen molar-refractivity contribution in [2.45, 2.75) is 13.0 Å². The van der Waals surface area contributed by atoms with Gasteiger partial charge in [0.15, 0.2) is 5.82 Å². The van der Waals surface area contributed by atoms with Gasteiger partial charge in [0.25, 0.3) is 0 Å². The van der Waals surface area contributed by atoms with Gasteiger partial charge in [0.05, 0.1) is 12.0 Å². The second-order valence-electron chi connectivity index (χ2n) is 3.69. The molecule has 0 aliphatic rings. The number of nitrogen functional groups attached to an aromatic ring is 1. The Balaban J connectivity index is 1.74. The molecule has 0 aromatic carbocycles. The zero-order valence-corrected chi connectivity index (χ0v) is 9.30. The Labute approximate surface area is 94.1 Å². The zero-order valence-electron chi connectivity index (χ0n) is 9.30. The number of rotatable bonds is 5. The second-order valence-corrected chi connectivity index (χ2v) is 3.69. The van der Waals surface area contributed by atoms with Gasteiger partial charge in [0.1, 0.15) is 0 Å². The molecule has 6 heteroatoms. The van der Waals surface area contributed by atoms with Crippen LogP contribution in [0.4, 0.5) is 11.5 Å². The van der Waals surface area contributed by atoms with Crippen molar-refractivity contribution < 1.29 is 0 Å². The zero-order chi connectivity index (χ0) is 11.4. The average Bonchev–Trinajstić information content (AvgIpc) is 2.84. The van der Waals surface area contributed by atoms with Crippen LogP contribution < -0.4 is 11.1 Å². The molecule has 2 heterocycles. The predicted molar refractivity (Wildman–Crippen MR) is 63.0 cm³/mol. The van der Waals surface area contributed by atoms with E-state index in [1.165, 1.54) is 0 Å². The lowest BCUT2D eigenvalue weighted by molar-refractivity contribution is 0.659. The molecular weight excluding hydrogens is 204 g/mol. The Hall–Kier alpha value is -1.98. The van der Waals surface area contributed by atoms with Crippen molar-refractivity contribution in [3.8, 4) is 0 Å². The SMILES string of the molecule is Cn1cc(N)c(NCCCn2ccnc2)n1. The minimum absolute atomic E-state index is 0.685. The molecule has 16 heavy (non-hydrogen) atoms. The smallest absolute Gasteiger partial charge is 0.171 e. The highest BCUT2D eigenvalue weighted by molar-refractivity contribution is 5.59. The first kappa shape index (κ1) is 10.5. The van der Waals surface area contributed by atoms with Crippen molar-refractivity contribution >= 4 is 11.5 Å². The monoisotopic (exact) mass is 220 g/mol. The van der Waals surface area contributed by atoms with Crippen LogP contribution in [0.3, 0.4) is 0 Å². The molecule has 0 saturated heterocycles. The molecule has 2 rings (SSSR count). The molecule has 0 radical (unpaired) electrons. The summed E-state index contributed by atoms with van der Waals surface area (Å²) in [5.74, 6) is 0.758. The molecule has 0 aliphatic carbocycles. The van der Waals surface area contributed by atoms with E-state index in [1.807, 2.05) is 24.1 Å². The first-order chi connectivity index (χ1) is 7.75. The van der Waals surface area contributed by atoms with Gasteiger partial charge in [-0.05, 0) is 6.42 Å². The van der Waals surface area contributed by atoms with E-state index in [0.29, 0.717) is 5.69 Å². The summed E-state index contributed by atoms with van der Waals surface area (Å²) >= 11 is 0. The summed E-state index contributed by atoms with van der Waals surface area (Å²) in [6, 6.07) is 0. The second kappa shape index (κ2) is 4.69. The number of nitrogens with two attached hydrogens (primary N) is 1. The molecule has 6 nitrogen and oxygen atoms in total. The van der Waals surface area contributed by atoms with Gasteiger partial charge < -0.3 is 15.6 Å². The number of hydrogen-bond donors (Lipinski definition) is 2. The number of aryl methyl sites for hydroxylation is 2. The minimum atomic E-state index is 0.685. The normalized spacial score (nSPS) is 10.6. The van der Waals surface area contributed by atoms with Crippen LogP contribution in [0.15, 0.2) is 24.9 Å². The fraction of sp³-hybridized carbons (Fsp3) is 0.400. The van der Waals surface area contributed by atoms with Crippen molar-refractivity contribution in [1.82, 2.24) is 19.3 Å². The summed E-state index contributed by atoms with van der Waals surface area (Å²) in [6.07, 6.45) is 8.35. The van der Waals surface area contributed by atoms with Gasteiger partial charge in [-0.15, -0.1) is 0 Å². The topological polar surface area (TPSA) is 73.7 Å². The van der Waals surface area contributed by atoms with E-state index < -0.39 is 0 Å². The molecule has 2 aromatic rings. The number of imidazole rings is 1. The molecule has 86 valence electrons. The lowest BCUT2D eigenvalue weighted by Gasteiger charge is -2.04. The van der Waals surface area contributed by atoms with E-state index in [-0.39, 0.29) is 0 Å². The summed E-state index contributed by atoms with van der Waals surface area (Å²) < 4.78 is 3.75. The molecule has 0 bridgehead atoms. The summed E-state index contributed by atoms with van der Waals surface area (Å²) in [7, 11) is 1.85. The van der Waals surface area contributed by atoms with Crippen LogP contribution in [0.1, 0.15) is 6.42 Å². The maximum absolute atomic E-state index is 5.76. The van der Waals surface area contributed by atoms with Crippen molar-refractivity contribution in [2.24, 2.45) is 7.05 Å². The Bertz CT molecular complexity index is 430. The summed E-state index contributed by atoms with van der Waals surface area (Å²) in [5, 5.41) is 7.41. The highest BCUT2D eigenvalue weighted by atomic mass is 15.3. The number of nitrogens with one attached hydrogen (secondary N) is 1. The van der Waals surface area contributed by atoms with Crippen LogP contribution in [0.2, 0.25) is 0 Å². The molecule has 0 amide bonds. The van der Waals surface area contributed by atoms with Crippen molar-refractivity contribution in [3.05, 3.63) is 24.9 Å². The Kier molecular flexibility index (Phi) is 3.09. The first-order valence-corrected chi connectivity index (χ1v) is 5.24. The third-order valence-corrected chi connectivity index (χ3v) is 2.30. The molecule has 2 aromatic heterocycles. The molecule has 0 atom stereocenters. The van der Waals surface area contributed by atoms with Crippen LogP contribution >= 0.6 is 0 Å². The van der Waals surface area contributed by atoms with E-state index in [9.17, 15) is 0 Å². The van der Waals surface area contributed by atoms with Crippen molar-refractivity contribution in [2.75, 3.05) is 17.6 Å². The highest BCUT2D eigenvalue weighted by Crippen LogP contribution is 2.13. The molecule has 0 spiro atoms. The van der Waals surface area contributed by atoms with Gasteiger partial charge in [0, 0.05) is 38.7 Å². The molecule has 0 unspecified atom stereocenters. The predicted octanol–water partition coefficient (Wildman–Crippen LogP) is 0.701. The lowest BCUT2D eigenvalue weighted by atomic mass is 10.4. The van der Waals surface area contributed by atoms with Gasteiger partial charge in [-0.2, -0.15) is 5.10 Å². The van der Waals surface area contributed by atoms with Crippen molar-refractivity contribution in [1.29, 1.82) is 0 Å². The average molecular weight is 220 g/mol. The molecular formula is C10H16N6. The molecule has 0 saturated carbocycles.